The summed E-state index contributed by atoms with van der Waals surface area (Å²) in [7, 11) is 0. The van der Waals surface area contributed by atoms with E-state index in [1.807, 2.05) is 23.6 Å². The SMILES string of the molecule is Cc1ccc2nc(CCl)n(CCc3ccc(F)cc3)c2n1. The summed E-state index contributed by atoms with van der Waals surface area (Å²) < 4.78 is 15.0. The second-order valence-electron chi connectivity index (χ2n) is 4.99. The average molecular weight is 304 g/mol. The van der Waals surface area contributed by atoms with Crippen LogP contribution in [0, 0.1) is 12.7 Å². The van der Waals surface area contributed by atoms with Gasteiger partial charge in [0.15, 0.2) is 5.65 Å². The van der Waals surface area contributed by atoms with Gasteiger partial charge in [-0.15, -0.1) is 11.6 Å². The lowest BCUT2D eigenvalue weighted by atomic mass is 10.1. The Morgan fingerprint density at radius 3 is 2.57 bits per heavy atom. The highest BCUT2D eigenvalue weighted by Gasteiger charge is 2.11. The molecule has 2 heterocycles. The standard InChI is InChI=1S/C16H15ClFN3/c1-11-2-7-14-16(19-11)21(15(10-17)20-14)9-8-12-3-5-13(18)6-4-12/h2-7H,8-10H2,1H3. The number of nitrogens with zero attached hydrogens (tertiary/aromatic N) is 3. The van der Waals surface area contributed by atoms with Gasteiger partial charge in [-0.3, -0.25) is 0 Å². The van der Waals surface area contributed by atoms with E-state index >= 15 is 0 Å². The molecule has 0 atom stereocenters. The number of alkyl halides is 1. The zero-order valence-electron chi connectivity index (χ0n) is 11.7. The van der Waals surface area contributed by atoms with Crippen LogP contribution in [0.1, 0.15) is 17.1 Å². The van der Waals surface area contributed by atoms with Crippen LogP contribution in [0.5, 0.6) is 0 Å². The third-order valence-electron chi connectivity index (χ3n) is 3.47. The molecular formula is C16H15ClFN3. The van der Waals surface area contributed by atoms with Gasteiger partial charge in [0.25, 0.3) is 0 Å². The first-order valence-electron chi connectivity index (χ1n) is 6.80. The molecule has 0 N–H and O–H groups in total. The summed E-state index contributed by atoms with van der Waals surface area (Å²) in [4.78, 5) is 9.06. The molecule has 3 nitrogen and oxygen atoms in total. The van der Waals surface area contributed by atoms with Crippen LogP contribution in [-0.4, -0.2) is 14.5 Å². The number of aryl methyl sites for hydroxylation is 3. The van der Waals surface area contributed by atoms with Crippen molar-refractivity contribution in [2.75, 3.05) is 0 Å². The number of benzene rings is 1. The Morgan fingerprint density at radius 2 is 1.86 bits per heavy atom. The lowest BCUT2D eigenvalue weighted by molar-refractivity contribution is 0.625. The van der Waals surface area contributed by atoms with Gasteiger partial charge in [0.05, 0.1) is 5.88 Å². The van der Waals surface area contributed by atoms with Crippen molar-refractivity contribution >= 4 is 22.8 Å². The average Bonchev–Trinajstić information content (AvgIpc) is 2.84. The zero-order valence-corrected chi connectivity index (χ0v) is 12.4. The van der Waals surface area contributed by atoms with Gasteiger partial charge >= 0.3 is 0 Å². The van der Waals surface area contributed by atoms with Crippen LogP contribution in [0.4, 0.5) is 4.39 Å². The Bertz CT molecular complexity index is 765. The molecule has 0 fully saturated rings. The van der Waals surface area contributed by atoms with E-state index in [0.717, 1.165) is 41.2 Å². The fourth-order valence-corrected chi connectivity index (χ4v) is 2.58. The molecule has 0 bridgehead atoms. The van der Waals surface area contributed by atoms with Gasteiger partial charge in [0.2, 0.25) is 0 Å². The lowest BCUT2D eigenvalue weighted by Gasteiger charge is -2.07. The lowest BCUT2D eigenvalue weighted by Crippen LogP contribution is -2.06. The fraction of sp³-hybridized carbons (Fsp3) is 0.250. The van der Waals surface area contributed by atoms with E-state index in [9.17, 15) is 4.39 Å². The minimum Gasteiger partial charge on any atom is -0.311 e. The Balaban J connectivity index is 1.91. The largest absolute Gasteiger partial charge is 0.311 e. The molecule has 0 radical (unpaired) electrons. The molecule has 1 aromatic carbocycles. The summed E-state index contributed by atoms with van der Waals surface area (Å²) in [5.41, 5.74) is 3.74. The summed E-state index contributed by atoms with van der Waals surface area (Å²) in [5.74, 6) is 0.941. The maximum atomic E-state index is 12.9. The second-order valence-corrected chi connectivity index (χ2v) is 5.25. The van der Waals surface area contributed by atoms with Crippen LogP contribution in [0.25, 0.3) is 11.2 Å². The third-order valence-corrected chi connectivity index (χ3v) is 3.71. The highest BCUT2D eigenvalue weighted by Crippen LogP contribution is 2.17. The molecule has 0 aliphatic heterocycles. The normalized spacial score (nSPS) is 11.2. The number of hydrogen-bond donors (Lipinski definition) is 0. The van der Waals surface area contributed by atoms with Gasteiger partial charge in [-0.25, -0.2) is 14.4 Å². The summed E-state index contributed by atoms with van der Waals surface area (Å²) in [6, 6.07) is 10.5. The van der Waals surface area contributed by atoms with Gasteiger partial charge in [-0.1, -0.05) is 12.1 Å². The van der Waals surface area contributed by atoms with Crippen LogP contribution in [0.3, 0.4) is 0 Å². The molecule has 21 heavy (non-hydrogen) atoms. The number of aromatic nitrogens is 3. The molecule has 5 heteroatoms. The van der Waals surface area contributed by atoms with Gasteiger partial charge in [-0.05, 0) is 43.2 Å². The minimum absolute atomic E-state index is 0.217. The van der Waals surface area contributed by atoms with E-state index in [2.05, 4.69) is 9.97 Å². The molecule has 0 aliphatic rings. The third kappa shape index (κ3) is 2.90. The van der Waals surface area contributed by atoms with Crippen LogP contribution in [-0.2, 0) is 18.8 Å². The van der Waals surface area contributed by atoms with Crippen LogP contribution in [0.2, 0.25) is 0 Å². The first kappa shape index (κ1) is 14.0. The fourth-order valence-electron chi connectivity index (χ4n) is 2.37. The van der Waals surface area contributed by atoms with Crippen molar-refractivity contribution in [1.82, 2.24) is 14.5 Å². The van der Waals surface area contributed by atoms with Crippen LogP contribution in [0.15, 0.2) is 36.4 Å². The van der Waals surface area contributed by atoms with E-state index in [0.29, 0.717) is 5.88 Å². The van der Waals surface area contributed by atoms with E-state index < -0.39 is 0 Å². The van der Waals surface area contributed by atoms with Crippen molar-refractivity contribution in [2.45, 2.75) is 25.8 Å². The van der Waals surface area contributed by atoms with E-state index in [1.54, 1.807) is 12.1 Å². The van der Waals surface area contributed by atoms with E-state index in [-0.39, 0.29) is 5.82 Å². The van der Waals surface area contributed by atoms with E-state index in [1.165, 1.54) is 12.1 Å². The summed E-state index contributed by atoms with van der Waals surface area (Å²) in [6.45, 7) is 2.68. The summed E-state index contributed by atoms with van der Waals surface area (Å²) >= 11 is 5.99. The maximum Gasteiger partial charge on any atom is 0.160 e. The number of halogens is 2. The molecular weight excluding hydrogens is 289 g/mol. The molecule has 0 spiro atoms. The Hall–Kier alpha value is -1.94. The molecule has 2 aromatic heterocycles. The van der Waals surface area contributed by atoms with Crippen LogP contribution < -0.4 is 0 Å². The summed E-state index contributed by atoms with van der Waals surface area (Å²) in [6.07, 6.45) is 0.783. The first-order valence-corrected chi connectivity index (χ1v) is 7.34. The molecule has 0 aliphatic carbocycles. The minimum atomic E-state index is -0.217. The number of hydrogen-bond acceptors (Lipinski definition) is 2. The number of pyridine rings is 1. The molecule has 0 amide bonds. The highest BCUT2D eigenvalue weighted by atomic mass is 35.5. The van der Waals surface area contributed by atoms with Crippen LogP contribution >= 0.6 is 11.6 Å². The highest BCUT2D eigenvalue weighted by molar-refractivity contribution is 6.16. The molecule has 108 valence electrons. The predicted molar refractivity (Wildman–Crippen MR) is 81.9 cm³/mol. The zero-order chi connectivity index (χ0) is 14.8. The topological polar surface area (TPSA) is 30.7 Å². The van der Waals surface area contributed by atoms with Gasteiger partial charge in [0.1, 0.15) is 17.2 Å². The quantitative estimate of drug-likeness (QED) is 0.685. The Labute approximate surface area is 127 Å². The maximum absolute atomic E-state index is 12.9. The smallest absolute Gasteiger partial charge is 0.160 e. The van der Waals surface area contributed by atoms with Crippen molar-refractivity contribution in [2.24, 2.45) is 0 Å². The second kappa shape index (κ2) is 5.82. The Kier molecular flexibility index (Phi) is 3.88. The number of fused-ring (bicyclic) bond motifs is 1. The molecule has 0 saturated carbocycles. The predicted octanol–water partition coefficient (Wildman–Crippen LogP) is 3.86. The Morgan fingerprint density at radius 1 is 1.10 bits per heavy atom. The molecule has 3 aromatic rings. The molecule has 0 unspecified atom stereocenters. The van der Waals surface area contributed by atoms with E-state index in [4.69, 9.17) is 11.6 Å². The summed E-state index contributed by atoms with van der Waals surface area (Å²) in [5, 5.41) is 0. The van der Waals surface area contributed by atoms with Crippen molar-refractivity contribution in [3.05, 3.63) is 59.3 Å². The molecule has 0 saturated heterocycles. The van der Waals surface area contributed by atoms with Crippen molar-refractivity contribution < 1.29 is 4.39 Å². The number of rotatable bonds is 4. The van der Waals surface area contributed by atoms with Crippen molar-refractivity contribution in [1.29, 1.82) is 0 Å². The first-order chi connectivity index (χ1) is 10.2. The van der Waals surface area contributed by atoms with Crippen molar-refractivity contribution in [3.8, 4) is 0 Å². The van der Waals surface area contributed by atoms with Crippen molar-refractivity contribution in [3.63, 3.8) is 0 Å². The number of imidazole rings is 1. The van der Waals surface area contributed by atoms with Gasteiger partial charge in [-0.2, -0.15) is 0 Å². The van der Waals surface area contributed by atoms with Gasteiger partial charge in [0, 0.05) is 12.2 Å². The molecule has 3 rings (SSSR count). The monoisotopic (exact) mass is 303 g/mol. The van der Waals surface area contributed by atoms with Gasteiger partial charge < -0.3 is 4.57 Å².